The van der Waals surface area contributed by atoms with E-state index < -0.39 is 12.0 Å². The minimum Gasteiger partial charge on any atom is -0.367 e. The third-order valence-corrected chi connectivity index (χ3v) is 2.76. The maximum absolute atomic E-state index is 11.9. The molecule has 1 aromatic heterocycles. The van der Waals surface area contributed by atoms with Crippen molar-refractivity contribution in [2.75, 3.05) is 19.7 Å². The van der Waals surface area contributed by atoms with E-state index in [1.165, 1.54) is 6.33 Å². The van der Waals surface area contributed by atoms with Crippen LogP contribution in [0.4, 0.5) is 0 Å². The maximum atomic E-state index is 11.9. The molecule has 1 aliphatic rings. The van der Waals surface area contributed by atoms with E-state index in [0.717, 1.165) is 0 Å². The van der Waals surface area contributed by atoms with Crippen molar-refractivity contribution in [3.05, 3.63) is 12.7 Å². The lowest BCUT2D eigenvalue weighted by atomic mass is 10.2. The zero-order valence-corrected chi connectivity index (χ0v) is 9.86. The van der Waals surface area contributed by atoms with E-state index in [1.54, 1.807) is 15.9 Å². The smallest absolute Gasteiger partial charge is 0.248 e. The molecule has 98 valence electrons. The van der Waals surface area contributed by atoms with Crippen molar-refractivity contribution in [1.82, 2.24) is 19.7 Å². The summed E-state index contributed by atoms with van der Waals surface area (Å²) in [6, 6.07) is 0. The summed E-state index contributed by atoms with van der Waals surface area (Å²) < 4.78 is 6.76. The largest absolute Gasteiger partial charge is 0.367 e. The molecule has 0 radical (unpaired) electrons. The first kappa shape index (κ1) is 12.5. The minimum absolute atomic E-state index is 0.0416. The van der Waals surface area contributed by atoms with Crippen LogP contribution < -0.4 is 5.73 Å². The van der Waals surface area contributed by atoms with E-state index >= 15 is 0 Å². The molecule has 0 bridgehead atoms. The van der Waals surface area contributed by atoms with Gasteiger partial charge in [-0.2, -0.15) is 5.10 Å². The van der Waals surface area contributed by atoms with E-state index in [9.17, 15) is 9.59 Å². The summed E-state index contributed by atoms with van der Waals surface area (Å²) in [6.07, 6.45) is 2.59. The van der Waals surface area contributed by atoms with Crippen molar-refractivity contribution < 1.29 is 14.3 Å². The minimum atomic E-state index is -0.700. The van der Waals surface area contributed by atoms with Crippen LogP contribution >= 0.6 is 0 Å². The van der Waals surface area contributed by atoms with Gasteiger partial charge in [-0.3, -0.25) is 14.3 Å². The fraction of sp³-hybridized carbons (Fsp3) is 0.600. The topological polar surface area (TPSA) is 103 Å². The normalized spacial score (nSPS) is 19.8. The van der Waals surface area contributed by atoms with Gasteiger partial charge in [0, 0.05) is 13.0 Å². The number of morpholine rings is 1. The first-order valence-electron chi connectivity index (χ1n) is 5.68. The SMILES string of the molecule is NC(=O)C1CN(C(=O)CCn2cncn2)CCO1. The summed E-state index contributed by atoms with van der Waals surface area (Å²) in [5.74, 6) is -0.580. The Morgan fingerprint density at radius 1 is 1.50 bits per heavy atom. The number of rotatable bonds is 4. The van der Waals surface area contributed by atoms with Gasteiger partial charge in [0.1, 0.15) is 12.7 Å². The molecule has 2 heterocycles. The third kappa shape index (κ3) is 3.04. The van der Waals surface area contributed by atoms with E-state index in [0.29, 0.717) is 26.1 Å². The number of nitrogens with zero attached hydrogens (tertiary/aromatic N) is 4. The predicted octanol–water partition coefficient (Wildman–Crippen LogP) is -1.62. The van der Waals surface area contributed by atoms with Crippen molar-refractivity contribution in [3.63, 3.8) is 0 Å². The highest BCUT2D eigenvalue weighted by molar-refractivity contribution is 5.81. The molecule has 1 fully saturated rings. The number of carbonyl (C=O) groups excluding carboxylic acids is 2. The zero-order valence-electron chi connectivity index (χ0n) is 9.86. The van der Waals surface area contributed by atoms with Crippen LogP contribution in [0.5, 0.6) is 0 Å². The van der Waals surface area contributed by atoms with Crippen LogP contribution in [-0.2, 0) is 20.9 Å². The molecule has 1 aromatic rings. The molecule has 1 aliphatic heterocycles. The molecule has 8 nitrogen and oxygen atoms in total. The summed E-state index contributed by atoms with van der Waals surface area (Å²) in [5.41, 5.74) is 5.16. The lowest BCUT2D eigenvalue weighted by molar-refractivity contribution is -0.145. The Morgan fingerprint density at radius 2 is 2.33 bits per heavy atom. The third-order valence-electron chi connectivity index (χ3n) is 2.76. The first-order chi connectivity index (χ1) is 8.66. The molecule has 1 atom stereocenters. The number of amides is 2. The van der Waals surface area contributed by atoms with Crippen molar-refractivity contribution in [2.24, 2.45) is 5.73 Å². The maximum Gasteiger partial charge on any atom is 0.248 e. The van der Waals surface area contributed by atoms with Gasteiger partial charge in [0.25, 0.3) is 0 Å². The van der Waals surface area contributed by atoms with Gasteiger partial charge in [-0.25, -0.2) is 4.98 Å². The Hall–Kier alpha value is -1.96. The molecule has 2 rings (SSSR count). The second-order valence-corrected chi connectivity index (χ2v) is 4.01. The standard InChI is InChI=1S/C10H15N5O3/c11-10(17)8-5-14(3-4-18-8)9(16)1-2-15-7-12-6-13-15/h6-8H,1-5H2,(H2,11,17). The van der Waals surface area contributed by atoms with Gasteiger partial charge in [0.2, 0.25) is 11.8 Å². The molecule has 2 N–H and O–H groups in total. The molecule has 1 saturated heterocycles. The molecule has 0 spiro atoms. The molecular formula is C10H15N5O3. The van der Waals surface area contributed by atoms with Gasteiger partial charge in [0.15, 0.2) is 6.10 Å². The molecule has 18 heavy (non-hydrogen) atoms. The number of carbonyl (C=O) groups is 2. The van der Waals surface area contributed by atoms with E-state index in [-0.39, 0.29) is 12.5 Å². The number of primary amides is 1. The monoisotopic (exact) mass is 253 g/mol. The van der Waals surface area contributed by atoms with Gasteiger partial charge in [-0.15, -0.1) is 0 Å². The van der Waals surface area contributed by atoms with Gasteiger partial charge in [-0.05, 0) is 0 Å². The van der Waals surface area contributed by atoms with Crippen LogP contribution in [0, 0.1) is 0 Å². The molecule has 0 saturated carbocycles. The molecule has 1 unspecified atom stereocenters. The van der Waals surface area contributed by atoms with Crippen molar-refractivity contribution in [1.29, 1.82) is 0 Å². The highest BCUT2D eigenvalue weighted by Crippen LogP contribution is 2.07. The number of hydrogen-bond acceptors (Lipinski definition) is 5. The molecule has 2 amide bonds. The van der Waals surface area contributed by atoms with Gasteiger partial charge in [0.05, 0.1) is 19.7 Å². The predicted molar refractivity (Wildman–Crippen MR) is 60.2 cm³/mol. The summed E-state index contributed by atoms with van der Waals surface area (Å²) >= 11 is 0. The molecule has 0 aromatic carbocycles. The van der Waals surface area contributed by atoms with Crippen LogP contribution in [0.25, 0.3) is 0 Å². The van der Waals surface area contributed by atoms with Crippen LogP contribution in [-0.4, -0.2) is 57.3 Å². The Morgan fingerprint density at radius 3 is 3.00 bits per heavy atom. The Labute approximate surface area is 104 Å². The number of aryl methyl sites for hydroxylation is 1. The summed E-state index contributed by atoms with van der Waals surface area (Å²) in [4.78, 5) is 28.3. The second-order valence-electron chi connectivity index (χ2n) is 4.01. The van der Waals surface area contributed by atoms with E-state index in [4.69, 9.17) is 10.5 Å². The molecular weight excluding hydrogens is 238 g/mol. The number of aromatic nitrogens is 3. The van der Waals surface area contributed by atoms with E-state index in [1.807, 2.05) is 0 Å². The molecule has 8 heteroatoms. The van der Waals surface area contributed by atoms with E-state index in [2.05, 4.69) is 10.1 Å². The second kappa shape index (κ2) is 5.58. The Bertz CT molecular complexity index is 419. The van der Waals surface area contributed by atoms with Crippen molar-refractivity contribution in [3.8, 4) is 0 Å². The number of hydrogen-bond donors (Lipinski definition) is 1. The van der Waals surface area contributed by atoms with Crippen LogP contribution in [0.15, 0.2) is 12.7 Å². The number of nitrogens with two attached hydrogens (primary N) is 1. The van der Waals surface area contributed by atoms with Crippen LogP contribution in [0.1, 0.15) is 6.42 Å². The lowest BCUT2D eigenvalue weighted by Crippen LogP contribution is -2.50. The van der Waals surface area contributed by atoms with Crippen LogP contribution in [0.2, 0.25) is 0 Å². The zero-order chi connectivity index (χ0) is 13.0. The fourth-order valence-corrected chi connectivity index (χ4v) is 1.76. The van der Waals surface area contributed by atoms with Gasteiger partial charge in [-0.1, -0.05) is 0 Å². The lowest BCUT2D eigenvalue weighted by Gasteiger charge is -2.31. The Kier molecular flexibility index (Phi) is 3.88. The first-order valence-corrected chi connectivity index (χ1v) is 5.68. The van der Waals surface area contributed by atoms with Crippen LogP contribution in [0.3, 0.4) is 0 Å². The average molecular weight is 253 g/mol. The highest BCUT2D eigenvalue weighted by Gasteiger charge is 2.27. The summed E-state index contributed by atoms with van der Waals surface area (Å²) in [6.45, 7) is 1.52. The van der Waals surface area contributed by atoms with Crippen molar-refractivity contribution >= 4 is 11.8 Å². The summed E-state index contributed by atoms with van der Waals surface area (Å²) in [5, 5.41) is 3.91. The summed E-state index contributed by atoms with van der Waals surface area (Å²) in [7, 11) is 0. The quantitative estimate of drug-likeness (QED) is 0.694. The fourth-order valence-electron chi connectivity index (χ4n) is 1.76. The molecule has 0 aliphatic carbocycles. The highest BCUT2D eigenvalue weighted by atomic mass is 16.5. The van der Waals surface area contributed by atoms with Crippen molar-refractivity contribution in [2.45, 2.75) is 19.1 Å². The van der Waals surface area contributed by atoms with Gasteiger partial charge >= 0.3 is 0 Å². The average Bonchev–Trinajstić information content (AvgIpc) is 2.89. The van der Waals surface area contributed by atoms with Gasteiger partial charge < -0.3 is 15.4 Å². The Balaban J connectivity index is 1.83. The number of ether oxygens (including phenoxy) is 1.